The van der Waals surface area contributed by atoms with Crippen molar-refractivity contribution in [2.24, 2.45) is 0 Å². The van der Waals surface area contributed by atoms with Crippen molar-refractivity contribution in [3.63, 3.8) is 0 Å². The minimum atomic E-state index is -0.174. The Bertz CT molecular complexity index is 756. The van der Waals surface area contributed by atoms with Crippen molar-refractivity contribution in [2.45, 2.75) is 36.4 Å². The number of benzene rings is 2. The molecule has 2 unspecified atom stereocenters. The van der Waals surface area contributed by atoms with Crippen LogP contribution in [-0.2, 0) is 21.6 Å². The van der Waals surface area contributed by atoms with E-state index in [4.69, 9.17) is 9.47 Å². The summed E-state index contributed by atoms with van der Waals surface area (Å²) in [5, 5.41) is 0. The highest BCUT2D eigenvalue weighted by Crippen LogP contribution is 2.34. The van der Waals surface area contributed by atoms with Crippen LogP contribution in [0.2, 0.25) is 0 Å². The molecule has 0 spiro atoms. The Kier molecular flexibility index (Phi) is 3.97. The van der Waals surface area contributed by atoms with Crippen LogP contribution in [0.4, 0.5) is 0 Å². The van der Waals surface area contributed by atoms with E-state index in [2.05, 4.69) is 6.07 Å². The van der Waals surface area contributed by atoms with Crippen LogP contribution in [0.15, 0.2) is 47.4 Å². The third-order valence-electron chi connectivity index (χ3n) is 4.24. The van der Waals surface area contributed by atoms with Crippen LogP contribution in [0, 0.1) is 0 Å². The predicted molar refractivity (Wildman–Crippen MR) is 89.9 cm³/mol. The third-order valence-corrected chi connectivity index (χ3v) is 5.34. The summed E-state index contributed by atoms with van der Waals surface area (Å²) in [6.45, 7) is 2.67. The zero-order valence-corrected chi connectivity index (χ0v) is 13.8. The van der Waals surface area contributed by atoms with Gasteiger partial charge >= 0.3 is 0 Å². The summed E-state index contributed by atoms with van der Waals surface area (Å²) in [4.78, 5) is 13.8. The molecule has 2 atom stereocenters. The molecule has 0 saturated carbocycles. The van der Waals surface area contributed by atoms with Gasteiger partial charge in [0.15, 0.2) is 12.1 Å². The van der Waals surface area contributed by atoms with E-state index in [0.717, 1.165) is 39.3 Å². The van der Waals surface area contributed by atoms with Crippen molar-refractivity contribution in [1.29, 1.82) is 0 Å². The Labute approximate surface area is 140 Å². The number of ketones is 1. The summed E-state index contributed by atoms with van der Waals surface area (Å²) in [6.07, 6.45) is 0.706. The average Bonchev–Trinajstić information content (AvgIpc) is 2.91. The monoisotopic (exact) mass is 326 g/mol. The lowest BCUT2D eigenvalue weighted by molar-refractivity contribution is -0.0528. The molecule has 2 aromatic rings. The molecule has 0 aromatic heterocycles. The molecule has 1 saturated heterocycles. The summed E-state index contributed by atoms with van der Waals surface area (Å²) in [5.41, 5.74) is 3.87. The quantitative estimate of drug-likeness (QED) is 0.840. The first kappa shape index (κ1) is 14.9. The minimum Gasteiger partial charge on any atom is -0.350 e. The number of carbonyl (C=O) groups excluding carboxylic acids is 1. The van der Waals surface area contributed by atoms with Gasteiger partial charge in [-0.2, -0.15) is 0 Å². The molecule has 0 N–H and O–H groups in total. The van der Waals surface area contributed by atoms with Crippen molar-refractivity contribution in [3.8, 4) is 0 Å². The van der Waals surface area contributed by atoms with Crippen molar-refractivity contribution >= 4 is 17.5 Å². The van der Waals surface area contributed by atoms with Crippen molar-refractivity contribution in [1.82, 2.24) is 0 Å². The number of rotatable bonds is 2. The zero-order chi connectivity index (χ0) is 15.8. The molecule has 0 radical (unpaired) electrons. The molecule has 2 heterocycles. The van der Waals surface area contributed by atoms with Gasteiger partial charge in [0.25, 0.3) is 0 Å². The standard InChI is InChI=1S/C19H18O3S/c1-12-10-21-18(22-12)9-13-6-7-16-17(8-13)23-11-14-4-2-3-5-15(14)19(16)20/h2-8,12,18H,9-11H2,1H3. The normalized spacial score (nSPS) is 23.3. The second kappa shape index (κ2) is 6.11. The van der Waals surface area contributed by atoms with Gasteiger partial charge in [0.05, 0.1) is 12.7 Å². The van der Waals surface area contributed by atoms with E-state index in [1.807, 2.05) is 43.3 Å². The molecule has 1 fully saturated rings. The number of fused-ring (bicyclic) bond motifs is 2. The van der Waals surface area contributed by atoms with E-state index in [1.54, 1.807) is 11.8 Å². The summed E-state index contributed by atoms with van der Waals surface area (Å²) >= 11 is 1.73. The molecule has 3 nitrogen and oxygen atoms in total. The second-order valence-electron chi connectivity index (χ2n) is 6.02. The average molecular weight is 326 g/mol. The molecule has 23 heavy (non-hydrogen) atoms. The number of hydrogen-bond acceptors (Lipinski definition) is 4. The van der Waals surface area contributed by atoms with Crippen LogP contribution in [-0.4, -0.2) is 24.8 Å². The van der Waals surface area contributed by atoms with E-state index in [9.17, 15) is 4.79 Å². The smallest absolute Gasteiger partial charge is 0.194 e. The first-order valence-electron chi connectivity index (χ1n) is 7.86. The van der Waals surface area contributed by atoms with E-state index in [-0.39, 0.29) is 18.2 Å². The van der Waals surface area contributed by atoms with Gasteiger partial charge in [0.2, 0.25) is 0 Å². The van der Waals surface area contributed by atoms with E-state index >= 15 is 0 Å². The molecule has 2 aromatic carbocycles. The molecule has 4 heteroatoms. The number of carbonyl (C=O) groups is 1. The number of thioether (sulfide) groups is 1. The number of hydrogen-bond donors (Lipinski definition) is 0. The maximum absolute atomic E-state index is 12.8. The van der Waals surface area contributed by atoms with Crippen LogP contribution < -0.4 is 0 Å². The van der Waals surface area contributed by atoms with Gasteiger partial charge < -0.3 is 9.47 Å². The Morgan fingerprint density at radius 3 is 2.87 bits per heavy atom. The van der Waals surface area contributed by atoms with Crippen LogP contribution in [0.3, 0.4) is 0 Å². The van der Waals surface area contributed by atoms with Gasteiger partial charge in [-0.3, -0.25) is 4.79 Å². The Balaban J connectivity index is 1.62. The lowest BCUT2D eigenvalue weighted by Gasteiger charge is -2.12. The van der Waals surface area contributed by atoms with Gasteiger partial charge in [-0.1, -0.05) is 30.3 Å². The van der Waals surface area contributed by atoms with E-state index < -0.39 is 0 Å². The topological polar surface area (TPSA) is 35.5 Å². The van der Waals surface area contributed by atoms with Gasteiger partial charge in [0, 0.05) is 28.2 Å². The second-order valence-corrected chi connectivity index (χ2v) is 7.04. The summed E-state index contributed by atoms with van der Waals surface area (Å²) in [7, 11) is 0. The Morgan fingerprint density at radius 1 is 1.17 bits per heavy atom. The summed E-state index contributed by atoms with van der Waals surface area (Å²) in [5.74, 6) is 0.945. The first-order valence-corrected chi connectivity index (χ1v) is 8.84. The lowest BCUT2D eigenvalue weighted by atomic mass is 9.98. The molecular weight excluding hydrogens is 308 g/mol. The van der Waals surface area contributed by atoms with Crippen LogP contribution >= 0.6 is 11.8 Å². The van der Waals surface area contributed by atoms with Crippen LogP contribution in [0.5, 0.6) is 0 Å². The van der Waals surface area contributed by atoms with Crippen molar-refractivity contribution in [2.75, 3.05) is 6.61 Å². The summed E-state index contributed by atoms with van der Waals surface area (Å²) in [6, 6.07) is 13.9. The van der Waals surface area contributed by atoms with Crippen LogP contribution in [0.1, 0.15) is 34.0 Å². The highest BCUT2D eigenvalue weighted by atomic mass is 32.2. The van der Waals surface area contributed by atoms with Crippen molar-refractivity contribution < 1.29 is 14.3 Å². The Morgan fingerprint density at radius 2 is 2.04 bits per heavy atom. The molecule has 0 aliphatic carbocycles. The summed E-state index contributed by atoms with van der Waals surface area (Å²) < 4.78 is 11.3. The van der Waals surface area contributed by atoms with E-state index in [0.29, 0.717) is 6.61 Å². The fourth-order valence-electron chi connectivity index (χ4n) is 3.05. The molecule has 0 amide bonds. The zero-order valence-electron chi connectivity index (χ0n) is 13.0. The molecule has 118 valence electrons. The number of ether oxygens (including phenoxy) is 2. The molecule has 0 bridgehead atoms. The largest absolute Gasteiger partial charge is 0.350 e. The minimum absolute atomic E-state index is 0.120. The molecule has 4 rings (SSSR count). The van der Waals surface area contributed by atoms with Gasteiger partial charge in [0.1, 0.15) is 0 Å². The van der Waals surface area contributed by atoms with Crippen LogP contribution in [0.25, 0.3) is 0 Å². The maximum Gasteiger partial charge on any atom is 0.194 e. The SMILES string of the molecule is CC1COC(Cc2ccc3c(c2)SCc2ccccc2C3=O)O1. The highest BCUT2D eigenvalue weighted by Gasteiger charge is 2.25. The molecule has 2 aliphatic rings. The predicted octanol–water partition coefficient (Wildman–Crippen LogP) is 3.83. The Hall–Kier alpha value is -1.62. The van der Waals surface area contributed by atoms with Gasteiger partial charge in [-0.15, -0.1) is 11.8 Å². The lowest BCUT2D eigenvalue weighted by Crippen LogP contribution is -2.13. The molecule has 2 aliphatic heterocycles. The highest BCUT2D eigenvalue weighted by molar-refractivity contribution is 7.98. The fourth-order valence-corrected chi connectivity index (χ4v) is 4.16. The molecular formula is C19H18O3S. The van der Waals surface area contributed by atoms with Crippen molar-refractivity contribution in [3.05, 3.63) is 64.7 Å². The van der Waals surface area contributed by atoms with Gasteiger partial charge in [-0.05, 0) is 30.2 Å². The fraction of sp³-hybridized carbons (Fsp3) is 0.316. The van der Waals surface area contributed by atoms with Gasteiger partial charge in [-0.25, -0.2) is 0 Å². The maximum atomic E-state index is 12.8. The van der Waals surface area contributed by atoms with E-state index in [1.165, 1.54) is 0 Å². The first-order chi connectivity index (χ1) is 11.2. The third kappa shape index (κ3) is 2.94.